The van der Waals surface area contributed by atoms with E-state index in [4.69, 9.17) is 4.98 Å². The number of hydrogen-bond donors (Lipinski definition) is 4. The number of H-pyrrole nitrogens is 1. The molecule has 1 aliphatic heterocycles. The van der Waals surface area contributed by atoms with Gasteiger partial charge in [0, 0.05) is 49.0 Å². The Morgan fingerprint density at radius 2 is 1.94 bits per heavy atom. The smallest absolute Gasteiger partial charge is 0.227 e. The fourth-order valence-corrected chi connectivity index (χ4v) is 4.38. The quantitative estimate of drug-likeness (QED) is 0.314. The van der Waals surface area contributed by atoms with Crippen LogP contribution in [0.25, 0.3) is 11.1 Å². The van der Waals surface area contributed by atoms with Crippen LogP contribution >= 0.6 is 0 Å². The van der Waals surface area contributed by atoms with Crippen LogP contribution in [-0.2, 0) is 20.0 Å². The van der Waals surface area contributed by atoms with E-state index in [2.05, 4.69) is 53.5 Å². The van der Waals surface area contributed by atoms with E-state index in [0.29, 0.717) is 12.5 Å². The van der Waals surface area contributed by atoms with Crippen LogP contribution in [0, 0.1) is 0 Å². The van der Waals surface area contributed by atoms with E-state index < -0.39 is 6.23 Å². The van der Waals surface area contributed by atoms with Crippen LogP contribution < -0.4 is 15.5 Å². The number of aliphatic hydroxyl groups excluding tert-OH is 1. The third-order valence-electron chi connectivity index (χ3n) is 6.16. The second-order valence-corrected chi connectivity index (χ2v) is 8.93. The van der Waals surface area contributed by atoms with Crippen molar-refractivity contribution in [1.29, 1.82) is 0 Å². The van der Waals surface area contributed by atoms with E-state index in [0.717, 1.165) is 41.3 Å². The number of aromatic amines is 1. The molecule has 0 saturated heterocycles. The minimum absolute atomic E-state index is 0.198. The lowest BCUT2D eigenvalue weighted by Crippen LogP contribution is -2.33. The molecule has 4 N–H and O–H groups in total. The molecule has 3 aromatic heterocycles. The van der Waals surface area contributed by atoms with Crippen molar-refractivity contribution < 1.29 is 5.11 Å². The van der Waals surface area contributed by atoms with E-state index in [1.165, 1.54) is 11.3 Å². The van der Waals surface area contributed by atoms with Crippen molar-refractivity contribution in [2.24, 2.45) is 7.05 Å². The molecule has 4 heterocycles. The second kappa shape index (κ2) is 9.28. The van der Waals surface area contributed by atoms with E-state index in [9.17, 15) is 5.11 Å². The average Bonchev–Trinajstić information content (AvgIpc) is 3.48. The van der Waals surface area contributed by atoms with Crippen molar-refractivity contribution >= 4 is 17.5 Å². The first kappa shape index (κ1) is 22.1. The summed E-state index contributed by atoms with van der Waals surface area (Å²) in [6, 6.07) is 12.3. The van der Waals surface area contributed by atoms with Crippen molar-refractivity contribution in [3.63, 3.8) is 0 Å². The van der Waals surface area contributed by atoms with Gasteiger partial charge in [-0.15, -0.1) is 0 Å². The van der Waals surface area contributed by atoms with E-state index in [1.807, 2.05) is 45.3 Å². The molecule has 4 aromatic rings. The van der Waals surface area contributed by atoms with Crippen molar-refractivity contribution in [2.75, 3.05) is 16.8 Å². The first-order valence-corrected chi connectivity index (χ1v) is 11.5. The summed E-state index contributed by atoms with van der Waals surface area (Å²) in [6.07, 6.45) is 5.66. The van der Waals surface area contributed by atoms with E-state index >= 15 is 0 Å². The minimum atomic E-state index is -0.687. The first-order chi connectivity index (χ1) is 16.5. The summed E-state index contributed by atoms with van der Waals surface area (Å²) in [5.74, 6) is 1.44. The summed E-state index contributed by atoms with van der Waals surface area (Å²) < 4.78 is 2.09. The standard InChI is InChI=1S/C25H30N8O/c1-16(2)29-24(34)21-12-18-9-11-33(15-22(18)32(21)3)25-26-10-8-23(31-25)30-20-6-4-17(5-7-20)19-13-27-28-14-19/h4-8,10,12-14,16,24,29,34H,9,11,15H2,1-3H3,(H,27,28)(H,26,30,31). The van der Waals surface area contributed by atoms with Crippen LogP contribution in [0.15, 0.2) is 55.0 Å². The topological polar surface area (TPSA) is 107 Å². The van der Waals surface area contributed by atoms with Gasteiger partial charge in [0.05, 0.1) is 18.4 Å². The van der Waals surface area contributed by atoms with Gasteiger partial charge in [-0.1, -0.05) is 12.1 Å². The van der Waals surface area contributed by atoms with Crippen molar-refractivity contribution in [2.45, 2.75) is 39.1 Å². The van der Waals surface area contributed by atoms with Gasteiger partial charge in [0.2, 0.25) is 5.95 Å². The van der Waals surface area contributed by atoms with Gasteiger partial charge in [-0.25, -0.2) is 4.98 Å². The van der Waals surface area contributed by atoms with Crippen LogP contribution in [0.1, 0.15) is 37.0 Å². The lowest BCUT2D eigenvalue weighted by molar-refractivity contribution is 0.121. The Labute approximate surface area is 198 Å². The van der Waals surface area contributed by atoms with Crippen molar-refractivity contribution in [3.05, 3.63) is 71.9 Å². The molecule has 0 fully saturated rings. The molecule has 0 spiro atoms. The monoisotopic (exact) mass is 458 g/mol. The Morgan fingerprint density at radius 1 is 1.12 bits per heavy atom. The van der Waals surface area contributed by atoms with E-state index in [1.54, 1.807) is 12.4 Å². The highest BCUT2D eigenvalue weighted by Crippen LogP contribution is 2.28. The Morgan fingerprint density at radius 3 is 2.68 bits per heavy atom. The predicted octanol–water partition coefficient (Wildman–Crippen LogP) is 3.50. The second-order valence-electron chi connectivity index (χ2n) is 8.93. The first-order valence-electron chi connectivity index (χ1n) is 11.5. The van der Waals surface area contributed by atoms with Gasteiger partial charge >= 0.3 is 0 Å². The number of anilines is 3. The van der Waals surface area contributed by atoms with Gasteiger partial charge in [-0.3, -0.25) is 10.4 Å². The molecule has 176 valence electrons. The number of aromatic nitrogens is 5. The molecule has 0 radical (unpaired) electrons. The highest BCUT2D eigenvalue weighted by atomic mass is 16.3. The third kappa shape index (κ3) is 4.52. The average molecular weight is 459 g/mol. The number of hydrogen-bond acceptors (Lipinski definition) is 7. The lowest BCUT2D eigenvalue weighted by atomic mass is 10.1. The Bertz CT molecular complexity index is 1250. The zero-order valence-electron chi connectivity index (χ0n) is 19.7. The summed E-state index contributed by atoms with van der Waals surface area (Å²) in [6.45, 7) is 5.58. The number of nitrogens with zero attached hydrogens (tertiary/aromatic N) is 5. The highest BCUT2D eigenvalue weighted by Gasteiger charge is 2.25. The van der Waals surface area contributed by atoms with Gasteiger partial charge in [-0.05, 0) is 55.7 Å². The molecule has 9 nitrogen and oxygen atoms in total. The normalized spacial score (nSPS) is 14.3. The maximum atomic E-state index is 10.6. The molecular formula is C25H30N8O. The van der Waals surface area contributed by atoms with Gasteiger partial charge in [-0.2, -0.15) is 10.1 Å². The van der Waals surface area contributed by atoms with Crippen LogP contribution in [0.5, 0.6) is 0 Å². The summed E-state index contributed by atoms with van der Waals surface area (Å²) in [5, 5.41) is 24.0. The molecule has 1 aliphatic rings. The summed E-state index contributed by atoms with van der Waals surface area (Å²) in [7, 11) is 2.01. The molecule has 1 unspecified atom stereocenters. The van der Waals surface area contributed by atoms with Crippen LogP contribution in [0.4, 0.5) is 17.5 Å². The summed E-state index contributed by atoms with van der Waals surface area (Å²) >= 11 is 0. The molecule has 0 saturated carbocycles. The molecule has 0 amide bonds. The molecule has 1 atom stereocenters. The number of benzene rings is 1. The Kier molecular flexibility index (Phi) is 6.04. The fourth-order valence-electron chi connectivity index (χ4n) is 4.38. The SMILES string of the molecule is CC(C)NC(O)c1cc2c(n1C)CN(c1nccc(Nc3ccc(-c4cn[nH]c4)cc3)n1)CC2. The highest BCUT2D eigenvalue weighted by molar-refractivity contribution is 5.66. The molecule has 9 heteroatoms. The molecule has 1 aromatic carbocycles. The van der Waals surface area contributed by atoms with Gasteiger partial charge in [0.25, 0.3) is 0 Å². The number of fused-ring (bicyclic) bond motifs is 1. The van der Waals surface area contributed by atoms with Crippen molar-refractivity contribution in [1.82, 2.24) is 30.0 Å². The maximum absolute atomic E-state index is 10.6. The third-order valence-corrected chi connectivity index (χ3v) is 6.16. The number of rotatable bonds is 7. The van der Waals surface area contributed by atoms with Gasteiger partial charge < -0.3 is 19.9 Å². The number of nitrogens with one attached hydrogen (secondary N) is 3. The lowest BCUT2D eigenvalue weighted by Gasteiger charge is -2.28. The molecule has 0 aliphatic carbocycles. The predicted molar refractivity (Wildman–Crippen MR) is 133 cm³/mol. The van der Waals surface area contributed by atoms with Crippen LogP contribution in [0.2, 0.25) is 0 Å². The maximum Gasteiger partial charge on any atom is 0.227 e. The fraction of sp³-hybridized carbons (Fsp3) is 0.320. The largest absolute Gasteiger partial charge is 0.373 e. The minimum Gasteiger partial charge on any atom is -0.373 e. The molecule has 34 heavy (non-hydrogen) atoms. The molecule has 5 rings (SSSR count). The van der Waals surface area contributed by atoms with Crippen molar-refractivity contribution in [3.8, 4) is 11.1 Å². The molecule has 0 bridgehead atoms. The zero-order chi connectivity index (χ0) is 23.7. The summed E-state index contributed by atoms with van der Waals surface area (Å²) in [5.41, 5.74) is 6.44. The number of aliphatic hydroxyl groups is 1. The van der Waals surface area contributed by atoms with Crippen LogP contribution in [0.3, 0.4) is 0 Å². The molecular weight excluding hydrogens is 428 g/mol. The Balaban J connectivity index is 1.30. The van der Waals surface area contributed by atoms with Gasteiger partial charge in [0.15, 0.2) is 0 Å². The van der Waals surface area contributed by atoms with Crippen LogP contribution in [-0.4, -0.2) is 42.4 Å². The summed E-state index contributed by atoms with van der Waals surface area (Å²) in [4.78, 5) is 11.5. The van der Waals surface area contributed by atoms with E-state index in [-0.39, 0.29) is 6.04 Å². The Hall–Kier alpha value is -3.69. The van der Waals surface area contributed by atoms with Gasteiger partial charge in [0.1, 0.15) is 12.0 Å². The zero-order valence-corrected chi connectivity index (χ0v) is 19.7.